The zero-order valence-electron chi connectivity index (χ0n) is 15.5. The fourth-order valence-corrected chi connectivity index (χ4v) is 3.03. The van der Waals surface area contributed by atoms with Crippen molar-refractivity contribution >= 4 is 23.2 Å². The molecule has 3 N–H and O–H groups in total. The number of nitrogens with one attached hydrogen (secondary N) is 3. The summed E-state index contributed by atoms with van der Waals surface area (Å²) in [6.45, 7) is 1.22. The molecule has 1 aliphatic rings. The smallest absolute Gasteiger partial charge is 0.243 e. The van der Waals surface area contributed by atoms with Crippen LogP contribution < -0.4 is 20.9 Å². The van der Waals surface area contributed by atoms with E-state index in [2.05, 4.69) is 25.9 Å². The molecule has 9 heteroatoms. The second kappa shape index (κ2) is 9.12. The molecule has 3 rings (SSSR count). The summed E-state index contributed by atoms with van der Waals surface area (Å²) >= 11 is 0. The third kappa shape index (κ3) is 5.15. The Kier molecular flexibility index (Phi) is 6.36. The molecule has 28 heavy (non-hydrogen) atoms. The molecule has 1 atom stereocenters. The number of aromatic nitrogens is 1. The van der Waals surface area contributed by atoms with Gasteiger partial charge in [-0.15, -0.1) is 0 Å². The number of benzene rings is 1. The van der Waals surface area contributed by atoms with Crippen LogP contribution >= 0.6 is 0 Å². The van der Waals surface area contributed by atoms with Crippen LogP contribution in [0.1, 0.15) is 6.42 Å². The van der Waals surface area contributed by atoms with E-state index in [1.807, 2.05) is 4.90 Å². The van der Waals surface area contributed by atoms with Crippen LogP contribution in [-0.2, 0) is 4.79 Å². The van der Waals surface area contributed by atoms with Crippen LogP contribution in [0.4, 0.5) is 20.2 Å². The standard InChI is InChI=1S/C19H22F2N6O/c1-22-19(24-11-18(28)25-14-3-2-7-23-10-14)26-15-6-8-27(12-15)17-5-4-13(20)9-16(17)21/h2-5,7,9-10,15H,6,8,11-12H2,1H3,(H,25,28)(H2,22,24,26). The van der Waals surface area contributed by atoms with Gasteiger partial charge in [0.05, 0.1) is 24.1 Å². The highest BCUT2D eigenvalue weighted by Crippen LogP contribution is 2.24. The lowest BCUT2D eigenvalue weighted by atomic mass is 10.2. The predicted molar refractivity (Wildman–Crippen MR) is 104 cm³/mol. The number of rotatable bonds is 5. The van der Waals surface area contributed by atoms with E-state index in [4.69, 9.17) is 0 Å². The largest absolute Gasteiger partial charge is 0.367 e. The van der Waals surface area contributed by atoms with Crippen molar-refractivity contribution in [3.05, 3.63) is 54.4 Å². The van der Waals surface area contributed by atoms with Gasteiger partial charge in [-0.1, -0.05) is 0 Å². The summed E-state index contributed by atoms with van der Waals surface area (Å²) in [5.41, 5.74) is 0.995. The molecule has 7 nitrogen and oxygen atoms in total. The Hall–Kier alpha value is -3.23. The summed E-state index contributed by atoms with van der Waals surface area (Å²) in [5.74, 6) is -0.912. The molecule has 1 unspecified atom stereocenters. The molecule has 0 radical (unpaired) electrons. The van der Waals surface area contributed by atoms with Crippen molar-refractivity contribution in [2.75, 3.05) is 36.9 Å². The molecule has 1 saturated heterocycles. The van der Waals surface area contributed by atoms with Gasteiger partial charge in [-0.05, 0) is 30.7 Å². The number of hydrogen-bond acceptors (Lipinski definition) is 4. The van der Waals surface area contributed by atoms with Crippen molar-refractivity contribution in [1.29, 1.82) is 0 Å². The predicted octanol–water partition coefficient (Wildman–Crippen LogP) is 1.74. The van der Waals surface area contributed by atoms with Gasteiger partial charge in [0, 0.05) is 38.4 Å². The molecule has 0 saturated carbocycles. The molecule has 0 bridgehead atoms. The number of aliphatic imine (C=N–C) groups is 1. The molecular formula is C19H22F2N6O. The summed E-state index contributed by atoms with van der Waals surface area (Å²) < 4.78 is 27.0. The SMILES string of the molecule is CN=C(NCC(=O)Nc1cccnc1)NC1CCN(c2ccc(F)cc2F)C1. The lowest BCUT2D eigenvalue weighted by molar-refractivity contribution is -0.115. The Bertz CT molecular complexity index is 846. The Morgan fingerprint density at radius 3 is 2.93 bits per heavy atom. The van der Waals surface area contributed by atoms with E-state index in [9.17, 15) is 13.6 Å². The average molecular weight is 388 g/mol. The molecule has 2 heterocycles. The Morgan fingerprint density at radius 2 is 2.21 bits per heavy atom. The fraction of sp³-hybridized carbons (Fsp3) is 0.316. The minimum absolute atomic E-state index is 0.0250. The van der Waals surface area contributed by atoms with E-state index in [0.717, 1.165) is 12.5 Å². The van der Waals surface area contributed by atoms with E-state index in [1.54, 1.807) is 31.6 Å². The van der Waals surface area contributed by atoms with Gasteiger partial charge in [0.15, 0.2) is 5.96 Å². The lowest BCUT2D eigenvalue weighted by Gasteiger charge is -2.21. The van der Waals surface area contributed by atoms with Gasteiger partial charge in [0.25, 0.3) is 0 Å². The first-order valence-electron chi connectivity index (χ1n) is 8.92. The number of anilines is 2. The van der Waals surface area contributed by atoms with Crippen molar-refractivity contribution in [3.63, 3.8) is 0 Å². The monoisotopic (exact) mass is 388 g/mol. The summed E-state index contributed by atoms with van der Waals surface area (Å²) in [4.78, 5) is 21.9. The number of hydrogen-bond donors (Lipinski definition) is 3. The van der Waals surface area contributed by atoms with E-state index >= 15 is 0 Å². The Labute approximate surface area is 161 Å². The van der Waals surface area contributed by atoms with Crippen LogP contribution in [0.5, 0.6) is 0 Å². The van der Waals surface area contributed by atoms with Crippen molar-refractivity contribution < 1.29 is 13.6 Å². The van der Waals surface area contributed by atoms with Crippen molar-refractivity contribution in [2.45, 2.75) is 12.5 Å². The molecule has 0 spiro atoms. The van der Waals surface area contributed by atoms with Crippen LogP contribution in [0, 0.1) is 11.6 Å². The molecule has 148 valence electrons. The van der Waals surface area contributed by atoms with Gasteiger partial charge in [-0.3, -0.25) is 14.8 Å². The first-order chi connectivity index (χ1) is 13.5. The topological polar surface area (TPSA) is 81.6 Å². The van der Waals surface area contributed by atoms with Gasteiger partial charge in [0.1, 0.15) is 11.6 Å². The van der Waals surface area contributed by atoms with E-state index in [-0.39, 0.29) is 18.5 Å². The van der Waals surface area contributed by atoms with Crippen LogP contribution in [0.25, 0.3) is 0 Å². The minimum atomic E-state index is -0.593. The number of halogens is 2. The highest BCUT2D eigenvalue weighted by atomic mass is 19.1. The zero-order valence-corrected chi connectivity index (χ0v) is 15.5. The minimum Gasteiger partial charge on any atom is -0.367 e. The second-order valence-electron chi connectivity index (χ2n) is 6.39. The third-order valence-corrected chi connectivity index (χ3v) is 4.36. The van der Waals surface area contributed by atoms with Gasteiger partial charge >= 0.3 is 0 Å². The maximum absolute atomic E-state index is 14.0. The fourth-order valence-electron chi connectivity index (χ4n) is 3.03. The summed E-state index contributed by atoms with van der Waals surface area (Å²) in [5, 5.41) is 8.90. The van der Waals surface area contributed by atoms with E-state index in [1.165, 1.54) is 12.1 Å². The quantitative estimate of drug-likeness (QED) is 0.537. The van der Waals surface area contributed by atoms with Crippen molar-refractivity contribution in [3.8, 4) is 0 Å². The molecule has 2 aromatic rings. The Morgan fingerprint density at radius 1 is 1.36 bits per heavy atom. The second-order valence-corrected chi connectivity index (χ2v) is 6.39. The molecule has 1 aromatic carbocycles. The molecule has 1 aliphatic heterocycles. The highest BCUT2D eigenvalue weighted by Gasteiger charge is 2.25. The van der Waals surface area contributed by atoms with Gasteiger partial charge in [-0.2, -0.15) is 0 Å². The maximum Gasteiger partial charge on any atom is 0.243 e. The van der Waals surface area contributed by atoms with Gasteiger partial charge in [-0.25, -0.2) is 8.78 Å². The lowest BCUT2D eigenvalue weighted by Crippen LogP contribution is -2.46. The van der Waals surface area contributed by atoms with Crippen LogP contribution in [0.3, 0.4) is 0 Å². The van der Waals surface area contributed by atoms with Gasteiger partial charge in [0.2, 0.25) is 5.91 Å². The number of carbonyl (C=O) groups excluding carboxylic acids is 1. The number of guanidine groups is 1. The van der Waals surface area contributed by atoms with E-state index < -0.39 is 11.6 Å². The summed E-state index contributed by atoms with van der Waals surface area (Å²) in [6, 6.07) is 7.09. The first kappa shape index (κ1) is 19.5. The summed E-state index contributed by atoms with van der Waals surface area (Å²) in [7, 11) is 1.61. The van der Waals surface area contributed by atoms with Crippen LogP contribution in [0.15, 0.2) is 47.7 Å². The Balaban J connectivity index is 1.48. The van der Waals surface area contributed by atoms with Crippen LogP contribution in [-0.4, -0.2) is 49.6 Å². The maximum atomic E-state index is 14.0. The molecule has 1 aromatic heterocycles. The average Bonchev–Trinajstić information content (AvgIpc) is 3.14. The highest BCUT2D eigenvalue weighted by molar-refractivity contribution is 5.94. The van der Waals surface area contributed by atoms with Crippen molar-refractivity contribution in [1.82, 2.24) is 15.6 Å². The number of carbonyl (C=O) groups is 1. The first-order valence-corrected chi connectivity index (χ1v) is 8.92. The summed E-state index contributed by atoms with van der Waals surface area (Å²) in [6.07, 6.45) is 3.95. The van der Waals surface area contributed by atoms with Gasteiger partial charge < -0.3 is 20.9 Å². The number of amides is 1. The molecule has 0 aliphatic carbocycles. The third-order valence-electron chi connectivity index (χ3n) is 4.36. The molecule has 1 amide bonds. The van der Waals surface area contributed by atoms with E-state index in [0.29, 0.717) is 30.4 Å². The zero-order chi connectivity index (χ0) is 19.9. The number of nitrogens with zero attached hydrogens (tertiary/aromatic N) is 3. The van der Waals surface area contributed by atoms with Crippen molar-refractivity contribution in [2.24, 2.45) is 4.99 Å². The normalized spacial score (nSPS) is 16.8. The molecule has 1 fully saturated rings. The number of pyridine rings is 1. The van der Waals surface area contributed by atoms with Crippen LogP contribution in [0.2, 0.25) is 0 Å². The molecular weight excluding hydrogens is 366 g/mol.